The topological polar surface area (TPSA) is 34.1 Å². The van der Waals surface area contributed by atoms with Crippen molar-refractivity contribution < 1.29 is 12.3 Å². The second kappa shape index (κ2) is 4.09. The van der Waals surface area contributed by atoms with E-state index in [2.05, 4.69) is 0 Å². The molecule has 0 saturated carbocycles. The second-order valence-electron chi connectivity index (χ2n) is 3.35. The molecule has 0 heterocycles. The summed E-state index contributed by atoms with van der Waals surface area (Å²) in [6, 6.07) is 5.62. The molecule has 2 nitrogen and oxygen atoms in total. The van der Waals surface area contributed by atoms with Crippen LogP contribution in [0.1, 0.15) is 16.7 Å². The van der Waals surface area contributed by atoms with Crippen molar-refractivity contribution in [1.82, 2.24) is 0 Å². The van der Waals surface area contributed by atoms with Crippen LogP contribution < -0.4 is 0 Å². The van der Waals surface area contributed by atoms with E-state index < -0.39 is 16.0 Å². The van der Waals surface area contributed by atoms with Gasteiger partial charge < -0.3 is 0 Å². The Balaban J connectivity index is 2.83. The Kier molecular flexibility index (Phi) is 3.26. The average Bonchev–Trinajstić information content (AvgIpc) is 2.06. The van der Waals surface area contributed by atoms with Crippen LogP contribution in [0.5, 0.6) is 0 Å². The molecule has 0 fully saturated rings. The van der Waals surface area contributed by atoms with Crippen molar-refractivity contribution in [1.29, 1.82) is 0 Å². The molecule has 0 aliphatic rings. The molecule has 0 N–H and O–H groups in total. The van der Waals surface area contributed by atoms with Gasteiger partial charge in [0, 0.05) is 0 Å². The molecule has 1 aromatic carbocycles. The van der Waals surface area contributed by atoms with Crippen LogP contribution in [-0.4, -0.2) is 14.2 Å². The lowest BCUT2D eigenvalue weighted by Crippen LogP contribution is -2.03. The van der Waals surface area contributed by atoms with Gasteiger partial charge in [-0.2, -0.15) is 8.42 Å². The normalized spacial score (nSPS) is 11.6. The van der Waals surface area contributed by atoms with E-state index in [1.165, 1.54) is 0 Å². The van der Waals surface area contributed by atoms with Crippen molar-refractivity contribution in [2.24, 2.45) is 0 Å². The molecular formula is C10H13FO2S. The van der Waals surface area contributed by atoms with Gasteiger partial charge >= 0.3 is 10.2 Å². The van der Waals surface area contributed by atoms with E-state index >= 15 is 0 Å². The summed E-state index contributed by atoms with van der Waals surface area (Å²) < 4.78 is 32.9. The molecule has 78 valence electrons. The Morgan fingerprint density at radius 3 is 2.50 bits per heavy atom. The van der Waals surface area contributed by atoms with Crippen molar-refractivity contribution in [2.75, 3.05) is 5.75 Å². The largest absolute Gasteiger partial charge is 0.302 e. The molecule has 4 heteroatoms. The van der Waals surface area contributed by atoms with Crippen molar-refractivity contribution in [2.45, 2.75) is 20.3 Å². The van der Waals surface area contributed by atoms with Crippen molar-refractivity contribution in [3.63, 3.8) is 0 Å². The Hall–Kier alpha value is -0.900. The summed E-state index contributed by atoms with van der Waals surface area (Å²) >= 11 is 0. The van der Waals surface area contributed by atoms with Crippen LogP contribution in [0, 0.1) is 13.8 Å². The minimum Gasteiger partial charge on any atom is -0.195 e. The van der Waals surface area contributed by atoms with E-state index in [4.69, 9.17) is 0 Å². The molecule has 0 atom stereocenters. The molecule has 0 radical (unpaired) electrons. The fourth-order valence-corrected chi connectivity index (χ4v) is 1.78. The molecule has 1 aromatic rings. The summed E-state index contributed by atoms with van der Waals surface area (Å²) in [6.45, 7) is 3.86. The van der Waals surface area contributed by atoms with Crippen molar-refractivity contribution >= 4 is 10.2 Å². The van der Waals surface area contributed by atoms with E-state index in [0.717, 1.165) is 16.7 Å². The van der Waals surface area contributed by atoms with Gasteiger partial charge in [-0.25, -0.2) is 0 Å². The molecule has 0 unspecified atom stereocenters. The van der Waals surface area contributed by atoms with E-state index in [1.54, 1.807) is 0 Å². The third-order valence-electron chi connectivity index (χ3n) is 2.33. The highest BCUT2D eigenvalue weighted by atomic mass is 32.3. The number of aryl methyl sites for hydroxylation is 2. The fraction of sp³-hybridized carbons (Fsp3) is 0.400. The predicted octanol–water partition coefficient (Wildman–Crippen LogP) is 2.15. The molecule has 14 heavy (non-hydrogen) atoms. The Bertz CT molecular complexity index is 424. The first-order valence-electron chi connectivity index (χ1n) is 4.37. The molecule has 0 saturated heterocycles. The summed E-state index contributed by atoms with van der Waals surface area (Å²) in [5.74, 6) is -0.433. The maximum Gasteiger partial charge on any atom is 0.302 e. The predicted molar refractivity (Wildman–Crippen MR) is 54.5 cm³/mol. The Morgan fingerprint density at radius 2 is 1.93 bits per heavy atom. The number of rotatable bonds is 3. The quantitative estimate of drug-likeness (QED) is 0.725. The molecule has 0 amide bonds. The summed E-state index contributed by atoms with van der Waals surface area (Å²) in [6.07, 6.45) is 0.242. The maximum atomic E-state index is 12.3. The Morgan fingerprint density at radius 1 is 1.29 bits per heavy atom. The van der Waals surface area contributed by atoms with Gasteiger partial charge in [-0.3, -0.25) is 0 Å². The molecule has 0 spiro atoms. The first-order valence-corrected chi connectivity index (χ1v) is 5.93. The van der Waals surface area contributed by atoms with Gasteiger partial charge in [0.05, 0.1) is 5.75 Å². The SMILES string of the molecule is Cc1cccc(CCS(=O)(=O)F)c1C. The van der Waals surface area contributed by atoms with Gasteiger partial charge in [-0.1, -0.05) is 18.2 Å². The van der Waals surface area contributed by atoms with Crippen LogP contribution in [0.2, 0.25) is 0 Å². The zero-order valence-corrected chi connectivity index (χ0v) is 9.07. The van der Waals surface area contributed by atoms with E-state index in [0.29, 0.717) is 0 Å². The summed E-state index contributed by atoms with van der Waals surface area (Å²) in [5, 5.41) is 0. The Labute approximate surface area is 84.0 Å². The number of hydrogen-bond donors (Lipinski definition) is 0. The number of benzene rings is 1. The summed E-state index contributed by atoms with van der Waals surface area (Å²) in [5.41, 5.74) is 3.03. The van der Waals surface area contributed by atoms with Crippen LogP contribution in [0.15, 0.2) is 18.2 Å². The highest BCUT2D eigenvalue weighted by molar-refractivity contribution is 7.86. The van der Waals surface area contributed by atoms with Crippen LogP contribution >= 0.6 is 0 Å². The molecule has 1 rings (SSSR count). The number of hydrogen-bond acceptors (Lipinski definition) is 2. The standard InChI is InChI=1S/C10H13FO2S/c1-8-4-3-5-10(9(8)2)6-7-14(11,12)13/h3-5H,6-7H2,1-2H3. The molecular weight excluding hydrogens is 203 g/mol. The van der Waals surface area contributed by atoms with E-state index in [9.17, 15) is 12.3 Å². The lowest BCUT2D eigenvalue weighted by atomic mass is 10.0. The van der Waals surface area contributed by atoms with Crippen molar-refractivity contribution in [3.8, 4) is 0 Å². The zero-order chi connectivity index (χ0) is 10.8. The third-order valence-corrected chi connectivity index (χ3v) is 3.02. The molecule has 0 aliphatic carbocycles. The monoisotopic (exact) mass is 216 g/mol. The van der Waals surface area contributed by atoms with Gasteiger partial charge in [0.15, 0.2) is 0 Å². The smallest absolute Gasteiger partial charge is 0.195 e. The first kappa shape index (κ1) is 11.2. The van der Waals surface area contributed by atoms with Crippen LogP contribution in [-0.2, 0) is 16.6 Å². The minimum absolute atomic E-state index is 0.242. The summed E-state index contributed by atoms with van der Waals surface area (Å²) in [7, 11) is -4.35. The number of halogens is 1. The van der Waals surface area contributed by atoms with Gasteiger partial charge in [0.25, 0.3) is 0 Å². The minimum atomic E-state index is -4.35. The van der Waals surface area contributed by atoms with Gasteiger partial charge in [0.1, 0.15) is 0 Å². The second-order valence-corrected chi connectivity index (χ2v) is 4.84. The third kappa shape index (κ3) is 3.10. The first-order chi connectivity index (χ1) is 6.40. The lowest BCUT2D eigenvalue weighted by Gasteiger charge is -2.06. The van der Waals surface area contributed by atoms with Crippen LogP contribution in [0.3, 0.4) is 0 Å². The average molecular weight is 216 g/mol. The van der Waals surface area contributed by atoms with Crippen LogP contribution in [0.4, 0.5) is 3.89 Å². The fourth-order valence-electron chi connectivity index (χ4n) is 1.31. The highest BCUT2D eigenvalue weighted by Crippen LogP contribution is 2.14. The van der Waals surface area contributed by atoms with Gasteiger partial charge in [0.2, 0.25) is 0 Å². The highest BCUT2D eigenvalue weighted by Gasteiger charge is 2.09. The zero-order valence-electron chi connectivity index (χ0n) is 8.25. The molecule has 0 aliphatic heterocycles. The molecule has 0 bridgehead atoms. The van der Waals surface area contributed by atoms with Crippen LogP contribution in [0.25, 0.3) is 0 Å². The van der Waals surface area contributed by atoms with E-state index in [1.807, 2.05) is 32.0 Å². The summed E-state index contributed by atoms with van der Waals surface area (Å²) in [4.78, 5) is 0. The van der Waals surface area contributed by atoms with Gasteiger partial charge in [-0.15, -0.1) is 3.89 Å². The van der Waals surface area contributed by atoms with Gasteiger partial charge in [-0.05, 0) is 37.0 Å². The van der Waals surface area contributed by atoms with Crippen molar-refractivity contribution in [3.05, 3.63) is 34.9 Å². The molecule has 0 aromatic heterocycles. The van der Waals surface area contributed by atoms with E-state index in [-0.39, 0.29) is 6.42 Å². The lowest BCUT2D eigenvalue weighted by molar-refractivity contribution is 0.551. The maximum absolute atomic E-state index is 12.3.